The van der Waals surface area contributed by atoms with Gasteiger partial charge in [0.2, 0.25) is 0 Å². The van der Waals surface area contributed by atoms with Gasteiger partial charge in [0.1, 0.15) is 5.82 Å². The maximum Gasteiger partial charge on any atom is 0.140 e. The van der Waals surface area contributed by atoms with Crippen molar-refractivity contribution in [2.45, 2.75) is 6.42 Å². The van der Waals surface area contributed by atoms with Crippen molar-refractivity contribution >= 4 is 37.7 Å². The summed E-state index contributed by atoms with van der Waals surface area (Å²) in [5.41, 5.74) is 1.44. The molecule has 2 N–H and O–H groups in total. The van der Waals surface area contributed by atoms with E-state index in [1.54, 1.807) is 6.20 Å². The highest BCUT2D eigenvalue weighted by Gasteiger charge is 2.05. The van der Waals surface area contributed by atoms with E-state index in [-0.39, 0.29) is 0 Å². The van der Waals surface area contributed by atoms with E-state index in [0.29, 0.717) is 0 Å². The molecule has 0 aliphatic carbocycles. The van der Waals surface area contributed by atoms with E-state index >= 15 is 0 Å². The van der Waals surface area contributed by atoms with Gasteiger partial charge in [0, 0.05) is 23.8 Å². The molecule has 0 saturated heterocycles. The van der Waals surface area contributed by atoms with Crippen molar-refractivity contribution in [2.24, 2.45) is 0 Å². The Labute approximate surface area is 112 Å². The van der Waals surface area contributed by atoms with Gasteiger partial charge in [-0.05, 0) is 50.9 Å². The Hall–Kier alpha value is -0.390. The normalized spacial score (nSPS) is 15.8. The Morgan fingerprint density at radius 1 is 1.44 bits per heavy atom. The lowest BCUT2D eigenvalue weighted by Crippen LogP contribution is -2.23. The number of rotatable bonds is 3. The predicted octanol–water partition coefficient (Wildman–Crippen LogP) is 2.94. The molecule has 1 aliphatic heterocycles. The van der Waals surface area contributed by atoms with Crippen LogP contribution in [0.1, 0.15) is 6.42 Å². The number of nitrogens with zero attached hydrogens (tertiary/aromatic N) is 1. The third-order valence-corrected chi connectivity index (χ3v) is 3.49. The van der Waals surface area contributed by atoms with Crippen LogP contribution in [0.2, 0.25) is 0 Å². The van der Waals surface area contributed by atoms with Gasteiger partial charge < -0.3 is 10.6 Å². The molecule has 0 bridgehead atoms. The zero-order valence-corrected chi connectivity index (χ0v) is 11.9. The first kappa shape index (κ1) is 12.1. The molecule has 0 spiro atoms. The molecule has 2 rings (SSSR count). The van der Waals surface area contributed by atoms with E-state index in [0.717, 1.165) is 40.8 Å². The van der Waals surface area contributed by atoms with Crippen LogP contribution >= 0.6 is 31.9 Å². The highest BCUT2D eigenvalue weighted by molar-refractivity contribution is 9.11. The highest BCUT2D eigenvalue weighted by atomic mass is 79.9. The molecular weight excluding hydrogens is 334 g/mol. The largest absolute Gasteiger partial charge is 0.365 e. The third-order valence-electron chi connectivity index (χ3n) is 2.45. The Kier molecular flexibility index (Phi) is 4.37. The van der Waals surface area contributed by atoms with Gasteiger partial charge in [0.15, 0.2) is 0 Å². The monoisotopic (exact) mass is 345 g/mol. The molecule has 0 atom stereocenters. The van der Waals surface area contributed by atoms with Crippen LogP contribution in [0, 0.1) is 0 Å². The molecule has 1 aromatic rings. The maximum absolute atomic E-state index is 4.31. The summed E-state index contributed by atoms with van der Waals surface area (Å²) >= 11 is 6.87. The van der Waals surface area contributed by atoms with Gasteiger partial charge in [-0.15, -0.1) is 0 Å². The zero-order chi connectivity index (χ0) is 11.4. The molecule has 2 heterocycles. The van der Waals surface area contributed by atoms with Gasteiger partial charge in [0.25, 0.3) is 0 Å². The topological polar surface area (TPSA) is 37.0 Å². The zero-order valence-electron chi connectivity index (χ0n) is 8.76. The number of nitrogens with one attached hydrogen (secondary N) is 2. The van der Waals surface area contributed by atoms with Crippen molar-refractivity contribution in [3.63, 3.8) is 0 Å². The van der Waals surface area contributed by atoms with Crippen molar-refractivity contribution < 1.29 is 0 Å². The molecule has 0 aromatic carbocycles. The minimum atomic E-state index is 0.870. The first-order valence-electron chi connectivity index (χ1n) is 5.19. The Morgan fingerprint density at radius 3 is 3.00 bits per heavy atom. The lowest BCUT2D eigenvalue weighted by atomic mass is 10.1. The Morgan fingerprint density at radius 2 is 2.31 bits per heavy atom. The van der Waals surface area contributed by atoms with Crippen LogP contribution in [0.15, 0.2) is 32.9 Å². The smallest absolute Gasteiger partial charge is 0.140 e. The van der Waals surface area contributed by atoms with E-state index < -0.39 is 0 Å². The quantitative estimate of drug-likeness (QED) is 0.826. The summed E-state index contributed by atoms with van der Waals surface area (Å²) < 4.78 is 1.96. The van der Waals surface area contributed by atoms with Crippen molar-refractivity contribution in [3.05, 3.63) is 32.9 Å². The number of aromatic nitrogens is 1. The standard InChI is InChI=1S/C11H13Br2N3/c12-9-5-10(13)11(16-7-9)15-6-8-1-3-14-4-2-8/h1,5,7,14H,2-4,6H2,(H,15,16). The SMILES string of the molecule is Brc1cnc(NCC2=CCNCC2)c(Br)c1. The van der Waals surface area contributed by atoms with Crippen molar-refractivity contribution in [2.75, 3.05) is 25.0 Å². The van der Waals surface area contributed by atoms with Crippen LogP contribution in [0.4, 0.5) is 5.82 Å². The fourth-order valence-electron chi connectivity index (χ4n) is 1.57. The molecular formula is C11H13Br2N3. The summed E-state index contributed by atoms with van der Waals surface area (Å²) in [5, 5.41) is 6.63. The van der Waals surface area contributed by atoms with E-state index in [1.165, 1.54) is 5.57 Å². The number of pyridine rings is 1. The molecule has 0 radical (unpaired) electrons. The van der Waals surface area contributed by atoms with Gasteiger partial charge in [-0.3, -0.25) is 0 Å². The van der Waals surface area contributed by atoms with Gasteiger partial charge in [-0.1, -0.05) is 11.6 Å². The second-order valence-electron chi connectivity index (χ2n) is 3.65. The predicted molar refractivity (Wildman–Crippen MR) is 73.7 cm³/mol. The first-order valence-corrected chi connectivity index (χ1v) is 6.78. The minimum absolute atomic E-state index is 0.870. The summed E-state index contributed by atoms with van der Waals surface area (Å²) in [6.07, 6.45) is 5.15. The fourth-order valence-corrected chi connectivity index (χ4v) is 2.70. The number of hydrogen-bond acceptors (Lipinski definition) is 3. The van der Waals surface area contributed by atoms with Crippen LogP contribution in [0.25, 0.3) is 0 Å². The van der Waals surface area contributed by atoms with Crippen LogP contribution in [0.3, 0.4) is 0 Å². The van der Waals surface area contributed by atoms with Crippen molar-refractivity contribution in [3.8, 4) is 0 Å². The van der Waals surface area contributed by atoms with E-state index in [2.05, 4.69) is 53.6 Å². The average molecular weight is 347 g/mol. The molecule has 86 valence electrons. The molecule has 16 heavy (non-hydrogen) atoms. The van der Waals surface area contributed by atoms with E-state index in [9.17, 15) is 0 Å². The summed E-state index contributed by atoms with van der Waals surface area (Å²) in [7, 11) is 0. The number of hydrogen-bond donors (Lipinski definition) is 2. The second kappa shape index (κ2) is 5.80. The lowest BCUT2D eigenvalue weighted by Gasteiger charge is -2.15. The average Bonchev–Trinajstić information content (AvgIpc) is 2.29. The molecule has 5 heteroatoms. The van der Waals surface area contributed by atoms with Crippen LogP contribution < -0.4 is 10.6 Å². The molecule has 1 aromatic heterocycles. The fraction of sp³-hybridized carbons (Fsp3) is 0.364. The first-order chi connectivity index (χ1) is 7.75. The van der Waals surface area contributed by atoms with Gasteiger partial charge in [-0.2, -0.15) is 0 Å². The molecule has 1 aliphatic rings. The minimum Gasteiger partial charge on any atom is -0.365 e. The second-order valence-corrected chi connectivity index (χ2v) is 5.42. The van der Waals surface area contributed by atoms with Gasteiger partial charge in [0.05, 0.1) is 4.47 Å². The third kappa shape index (κ3) is 3.30. The Balaban J connectivity index is 1.96. The van der Waals surface area contributed by atoms with E-state index in [4.69, 9.17) is 0 Å². The van der Waals surface area contributed by atoms with Crippen LogP contribution in [-0.4, -0.2) is 24.6 Å². The lowest BCUT2D eigenvalue weighted by molar-refractivity contribution is 0.697. The van der Waals surface area contributed by atoms with E-state index in [1.807, 2.05) is 6.07 Å². The summed E-state index contributed by atoms with van der Waals surface area (Å²) in [4.78, 5) is 4.31. The van der Waals surface area contributed by atoms with Gasteiger partial charge >= 0.3 is 0 Å². The molecule has 0 unspecified atom stereocenters. The van der Waals surface area contributed by atoms with Crippen LogP contribution in [-0.2, 0) is 0 Å². The molecule has 0 fully saturated rings. The van der Waals surface area contributed by atoms with Crippen molar-refractivity contribution in [1.82, 2.24) is 10.3 Å². The number of halogens is 2. The highest BCUT2D eigenvalue weighted by Crippen LogP contribution is 2.23. The molecule has 0 saturated carbocycles. The molecule has 0 amide bonds. The molecule has 3 nitrogen and oxygen atoms in total. The van der Waals surface area contributed by atoms with Crippen molar-refractivity contribution in [1.29, 1.82) is 0 Å². The summed E-state index contributed by atoms with van der Waals surface area (Å²) in [6, 6.07) is 1.99. The summed E-state index contributed by atoms with van der Waals surface area (Å²) in [6.45, 7) is 2.92. The Bertz CT molecular complexity index is 404. The van der Waals surface area contributed by atoms with Gasteiger partial charge in [-0.25, -0.2) is 4.98 Å². The van der Waals surface area contributed by atoms with Crippen LogP contribution in [0.5, 0.6) is 0 Å². The summed E-state index contributed by atoms with van der Waals surface area (Å²) in [5.74, 6) is 0.891. The number of anilines is 1. The maximum atomic E-state index is 4.31.